The fraction of sp³-hybridized carbons (Fsp3) is 0.455. The van der Waals surface area contributed by atoms with Crippen molar-refractivity contribution in [1.82, 2.24) is 4.90 Å². The van der Waals surface area contributed by atoms with Crippen molar-refractivity contribution in [1.29, 1.82) is 0 Å². The van der Waals surface area contributed by atoms with Crippen LogP contribution < -0.4 is 0 Å². The molecule has 2 aliphatic carbocycles. The van der Waals surface area contributed by atoms with Gasteiger partial charge in [-0.15, -0.1) is 0 Å². The van der Waals surface area contributed by atoms with Gasteiger partial charge >= 0.3 is 0 Å². The zero-order chi connectivity index (χ0) is 17.0. The van der Waals surface area contributed by atoms with Gasteiger partial charge in [-0.2, -0.15) is 0 Å². The summed E-state index contributed by atoms with van der Waals surface area (Å²) in [5.41, 5.74) is 4.26. The zero-order valence-electron chi connectivity index (χ0n) is 14.3. The minimum atomic E-state index is 0.439. The second-order valence-electron chi connectivity index (χ2n) is 8.17. The summed E-state index contributed by atoms with van der Waals surface area (Å²) in [5.74, 6) is 2.81. The first-order valence-electron chi connectivity index (χ1n) is 9.43. The first kappa shape index (κ1) is 16.2. The summed E-state index contributed by atoms with van der Waals surface area (Å²) in [5, 5.41) is 1.69. The second-order valence-corrected chi connectivity index (χ2v) is 9.04. The molecule has 1 heterocycles. The smallest absolute Gasteiger partial charge is 0.0408 e. The molecule has 1 nitrogen and oxygen atoms in total. The van der Waals surface area contributed by atoms with Gasteiger partial charge in [-0.1, -0.05) is 41.4 Å². The number of benzene rings is 2. The summed E-state index contributed by atoms with van der Waals surface area (Å²) in [6.45, 7) is 3.76. The van der Waals surface area contributed by atoms with Gasteiger partial charge in [0.15, 0.2) is 0 Å². The molecule has 1 saturated heterocycles. The zero-order valence-corrected chi connectivity index (χ0v) is 15.8. The largest absolute Gasteiger partial charge is 0.302 e. The Labute approximate surface area is 159 Å². The molecule has 0 bridgehead atoms. The number of hydrogen-bond acceptors (Lipinski definition) is 1. The lowest BCUT2D eigenvalue weighted by Crippen LogP contribution is -2.29. The van der Waals surface area contributed by atoms with E-state index >= 15 is 0 Å². The molecule has 3 atom stereocenters. The van der Waals surface area contributed by atoms with Crippen molar-refractivity contribution in [2.24, 2.45) is 17.8 Å². The molecule has 2 fully saturated rings. The minimum absolute atomic E-state index is 0.439. The second kappa shape index (κ2) is 6.30. The average molecular weight is 372 g/mol. The molecule has 2 aromatic carbocycles. The van der Waals surface area contributed by atoms with Crippen LogP contribution in [0.2, 0.25) is 10.0 Å². The van der Waals surface area contributed by atoms with Crippen molar-refractivity contribution < 1.29 is 0 Å². The van der Waals surface area contributed by atoms with Crippen LogP contribution in [0.15, 0.2) is 42.5 Å². The van der Waals surface area contributed by atoms with Gasteiger partial charge < -0.3 is 4.90 Å². The Balaban J connectivity index is 1.54. The van der Waals surface area contributed by atoms with Gasteiger partial charge in [0, 0.05) is 35.6 Å². The summed E-state index contributed by atoms with van der Waals surface area (Å²) in [7, 11) is 0. The van der Waals surface area contributed by atoms with E-state index in [0.29, 0.717) is 11.8 Å². The molecule has 130 valence electrons. The van der Waals surface area contributed by atoms with Gasteiger partial charge in [0.25, 0.3) is 0 Å². The fourth-order valence-corrected chi connectivity index (χ4v) is 5.48. The Bertz CT molecular complexity index is 798. The molecule has 3 heteroatoms. The van der Waals surface area contributed by atoms with Crippen molar-refractivity contribution in [3.63, 3.8) is 0 Å². The Kier molecular flexibility index (Phi) is 4.08. The molecule has 2 aromatic rings. The van der Waals surface area contributed by atoms with Crippen LogP contribution in [-0.2, 0) is 6.42 Å². The van der Waals surface area contributed by atoms with Gasteiger partial charge in [-0.25, -0.2) is 0 Å². The molecule has 1 aliphatic heterocycles. The Morgan fingerprint density at radius 3 is 2.60 bits per heavy atom. The average Bonchev–Trinajstić information content (AvgIpc) is 3.30. The van der Waals surface area contributed by atoms with Crippen LogP contribution in [0.3, 0.4) is 0 Å². The highest BCUT2D eigenvalue weighted by Crippen LogP contribution is 2.48. The number of fused-ring (bicyclic) bond motifs is 2. The normalized spacial score (nSPS) is 28.6. The third-order valence-corrected chi connectivity index (χ3v) is 6.81. The summed E-state index contributed by atoms with van der Waals surface area (Å²) in [6, 6.07) is 15.0. The quantitative estimate of drug-likeness (QED) is 0.674. The maximum absolute atomic E-state index is 6.33. The van der Waals surface area contributed by atoms with Gasteiger partial charge in [0.05, 0.1) is 0 Å². The van der Waals surface area contributed by atoms with Crippen LogP contribution in [0.5, 0.6) is 0 Å². The van der Waals surface area contributed by atoms with Crippen LogP contribution in [-0.4, -0.2) is 24.5 Å². The maximum atomic E-state index is 6.33. The van der Waals surface area contributed by atoms with E-state index in [1.165, 1.54) is 55.6 Å². The molecule has 0 aromatic heterocycles. The van der Waals surface area contributed by atoms with E-state index in [1.54, 1.807) is 0 Å². The van der Waals surface area contributed by atoms with Gasteiger partial charge in [-0.3, -0.25) is 0 Å². The van der Waals surface area contributed by atoms with E-state index < -0.39 is 0 Å². The SMILES string of the molecule is Clc1cccc(C2c3ccc(Cl)cc3CC3CN(CC4CC4)CC32)c1. The van der Waals surface area contributed by atoms with E-state index in [-0.39, 0.29) is 0 Å². The summed E-state index contributed by atoms with van der Waals surface area (Å²) in [6.07, 6.45) is 4.03. The van der Waals surface area contributed by atoms with Crippen LogP contribution in [0.25, 0.3) is 0 Å². The minimum Gasteiger partial charge on any atom is -0.302 e. The standard InChI is InChI=1S/C22H23Cl2N/c23-18-3-1-2-15(9-18)22-20-7-6-19(24)10-16(20)8-17-12-25(13-21(17)22)11-14-4-5-14/h1-3,6-7,9-10,14,17,21-22H,4-5,8,11-13H2. The van der Waals surface area contributed by atoms with Crippen LogP contribution >= 0.6 is 23.2 Å². The molecule has 3 unspecified atom stereocenters. The van der Waals surface area contributed by atoms with E-state index in [0.717, 1.165) is 21.9 Å². The lowest BCUT2D eigenvalue weighted by atomic mass is 9.68. The van der Waals surface area contributed by atoms with Crippen LogP contribution in [0, 0.1) is 17.8 Å². The number of rotatable bonds is 3. The predicted molar refractivity (Wildman–Crippen MR) is 105 cm³/mol. The molecule has 0 N–H and O–H groups in total. The fourth-order valence-electron chi connectivity index (χ4n) is 5.09. The highest BCUT2D eigenvalue weighted by atomic mass is 35.5. The van der Waals surface area contributed by atoms with Crippen molar-refractivity contribution in [2.45, 2.75) is 25.2 Å². The maximum Gasteiger partial charge on any atom is 0.0408 e. The van der Waals surface area contributed by atoms with Gasteiger partial charge in [0.2, 0.25) is 0 Å². The summed E-state index contributed by atoms with van der Waals surface area (Å²) >= 11 is 12.6. The summed E-state index contributed by atoms with van der Waals surface area (Å²) < 4.78 is 0. The molecule has 25 heavy (non-hydrogen) atoms. The predicted octanol–water partition coefficient (Wildman–Crippen LogP) is 5.64. The Morgan fingerprint density at radius 1 is 0.960 bits per heavy atom. The molecule has 3 aliphatic rings. The van der Waals surface area contributed by atoms with E-state index in [2.05, 4.69) is 41.3 Å². The van der Waals surface area contributed by atoms with Crippen molar-refractivity contribution in [2.75, 3.05) is 19.6 Å². The van der Waals surface area contributed by atoms with E-state index in [1.807, 2.05) is 6.07 Å². The molecule has 0 spiro atoms. The topological polar surface area (TPSA) is 3.24 Å². The van der Waals surface area contributed by atoms with Crippen LogP contribution in [0.1, 0.15) is 35.4 Å². The Hall–Kier alpha value is -1.02. The molecule has 0 radical (unpaired) electrons. The first-order chi connectivity index (χ1) is 12.2. The number of halogens is 2. The highest BCUT2D eigenvalue weighted by molar-refractivity contribution is 6.31. The molecule has 5 rings (SSSR count). The van der Waals surface area contributed by atoms with Crippen molar-refractivity contribution >= 4 is 23.2 Å². The lowest BCUT2D eigenvalue weighted by Gasteiger charge is -2.36. The number of hydrogen-bond donors (Lipinski definition) is 0. The number of likely N-dealkylation sites (tertiary alicyclic amines) is 1. The first-order valence-corrected chi connectivity index (χ1v) is 10.2. The molecular formula is C22H23Cl2N. The Morgan fingerprint density at radius 2 is 1.80 bits per heavy atom. The lowest BCUT2D eigenvalue weighted by molar-refractivity contribution is 0.306. The van der Waals surface area contributed by atoms with Crippen molar-refractivity contribution in [3.8, 4) is 0 Å². The molecule has 0 amide bonds. The highest BCUT2D eigenvalue weighted by Gasteiger charge is 2.44. The van der Waals surface area contributed by atoms with Crippen molar-refractivity contribution in [3.05, 3.63) is 69.2 Å². The molecule has 1 saturated carbocycles. The van der Waals surface area contributed by atoms with Crippen LogP contribution in [0.4, 0.5) is 0 Å². The number of nitrogens with zero attached hydrogens (tertiary/aromatic N) is 1. The van der Waals surface area contributed by atoms with Gasteiger partial charge in [-0.05, 0) is 78.0 Å². The summed E-state index contributed by atoms with van der Waals surface area (Å²) in [4.78, 5) is 2.72. The monoisotopic (exact) mass is 371 g/mol. The molecular weight excluding hydrogens is 349 g/mol. The van der Waals surface area contributed by atoms with E-state index in [4.69, 9.17) is 23.2 Å². The van der Waals surface area contributed by atoms with Gasteiger partial charge in [0.1, 0.15) is 0 Å². The third kappa shape index (κ3) is 3.12. The third-order valence-electron chi connectivity index (χ3n) is 6.34. The van der Waals surface area contributed by atoms with E-state index in [9.17, 15) is 0 Å².